The highest BCUT2D eigenvalue weighted by Gasteiger charge is 2.27. The Labute approximate surface area is 191 Å². The standard InChI is InChI=1S/C27H21ClN2S/c1-3-9-17(2)19-14-20(16-21(28)15-19)27-29-24(18-10-5-4-6-11-18)26-25(30-27)22-12-7-8-13-23(22)31-26/h3-16,27,30H,1H2,2H3/b17-9+. The first-order valence-electron chi connectivity index (χ1n) is 10.2. The van der Waals surface area contributed by atoms with Gasteiger partial charge in [0.05, 0.1) is 16.3 Å². The van der Waals surface area contributed by atoms with Crippen molar-refractivity contribution in [3.8, 4) is 0 Å². The molecule has 0 saturated carbocycles. The van der Waals surface area contributed by atoms with Crippen molar-refractivity contribution in [3.63, 3.8) is 0 Å². The quantitative estimate of drug-likeness (QED) is 0.318. The maximum absolute atomic E-state index is 6.51. The number of thiophene rings is 1. The fourth-order valence-electron chi connectivity index (χ4n) is 3.94. The number of aliphatic imine (C=N–C) groups is 1. The molecule has 0 spiro atoms. The largest absolute Gasteiger partial charge is 0.358 e. The summed E-state index contributed by atoms with van der Waals surface area (Å²) in [4.78, 5) is 6.34. The lowest BCUT2D eigenvalue weighted by molar-refractivity contribution is 0.832. The van der Waals surface area contributed by atoms with Crippen LogP contribution in [0.5, 0.6) is 0 Å². The number of hydrogen-bond donors (Lipinski definition) is 1. The SMILES string of the molecule is C=C/C=C(\C)c1cc(Cl)cc(C2N=C(c3ccccc3)c3sc4ccccc4c3N2)c1. The third-order valence-electron chi connectivity index (χ3n) is 5.46. The number of hydrogen-bond acceptors (Lipinski definition) is 3. The van der Waals surface area contributed by atoms with Crippen LogP contribution in [0.3, 0.4) is 0 Å². The first kappa shape index (κ1) is 19.8. The highest BCUT2D eigenvalue weighted by Crippen LogP contribution is 2.43. The predicted octanol–water partition coefficient (Wildman–Crippen LogP) is 8.11. The number of allylic oxidation sites excluding steroid dienone is 3. The van der Waals surface area contributed by atoms with Gasteiger partial charge in [-0.25, -0.2) is 0 Å². The van der Waals surface area contributed by atoms with Crippen molar-refractivity contribution >= 4 is 50.0 Å². The molecule has 0 saturated heterocycles. The summed E-state index contributed by atoms with van der Waals surface area (Å²) >= 11 is 8.29. The molecule has 2 heterocycles. The highest BCUT2D eigenvalue weighted by molar-refractivity contribution is 7.22. The zero-order chi connectivity index (χ0) is 21.4. The smallest absolute Gasteiger partial charge is 0.145 e. The van der Waals surface area contributed by atoms with Crippen molar-refractivity contribution < 1.29 is 0 Å². The minimum atomic E-state index is -0.227. The lowest BCUT2D eigenvalue weighted by Gasteiger charge is -2.25. The third kappa shape index (κ3) is 3.71. The van der Waals surface area contributed by atoms with Crippen LogP contribution in [0.15, 0.2) is 96.5 Å². The summed E-state index contributed by atoms with van der Waals surface area (Å²) < 4.78 is 1.25. The first-order chi connectivity index (χ1) is 15.1. The summed E-state index contributed by atoms with van der Waals surface area (Å²) in [5.74, 6) is 0. The summed E-state index contributed by atoms with van der Waals surface area (Å²) in [7, 11) is 0. The molecule has 1 unspecified atom stereocenters. The van der Waals surface area contributed by atoms with Crippen LogP contribution in [0.4, 0.5) is 5.69 Å². The van der Waals surface area contributed by atoms with E-state index in [4.69, 9.17) is 16.6 Å². The molecule has 31 heavy (non-hydrogen) atoms. The molecule has 0 aliphatic carbocycles. The van der Waals surface area contributed by atoms with E-state index >= 15 is 0 Å². The predicted molar refractivity (Wildman–Crippen MR) is 136 cm³/mol. The lowest BCUT2D eigenvalue weighted by Crippen LogP contribution is -2.19. The summed E-state index contributed by atoms with van der Waals surface area (Å²) in [5.41, 5.74) is 6.49. The molecule has 4 aromatic rings. The summed E-state index contributed by atoms with van der Waals surface area (Å²) in [5, 5.41) is 5.61. The van der Waals surface area contributed by atoms with Crippen molar-refractivity contribution in [1.82, 2.24) is 0 Å². The van der Waals surface area contributed by atoms with E-state index in [-0.39, 0.29) is 6.17 Å². The highest BCUT2D eigenvalue weighted by atomic mass is 35.5. The minimum absolute atomic E-state index is 0.227. The van der Waals surface area contributed by atoms with Crippen LogP contribution in [-0.2, 0) is 0 Å². The second kappa shape index (κ2) is 8.18. The maximum atomic E-state index is 6.51. The van der Waals surface area contributed by atoms with E-state index in [9.17, 15) is 0 Å². The molecule has 0 fully saturated rings. The molecule has 0 bridgehead atoms. The topological polar surface area (TPSA) is 24.4 Å². The van der Waals surface area contributed by atoms with Crippen molar-refractivity contribution in [1.29, 1.82) is 0 Å². The van der Waals surface area contributed by atoms with Crippen molar-refractivity contribution in [2.45, 2.75) is 13.1 Å². The molecule has 152 valence electrons. The van der Waals surface area contributed by atoms with Gasteiger partial charge < -0.3 is 5.32 Å². The van der Waals surface area contributed by atoms with Gasteiger partial charge in [0.25, 0.3) is 0 Å². The van der Waals surface area contributed by atoms with Crippen LogP contribution in [0.2, 0.25) is 5.02 Å². The van der Waals surface area contributed by atoms with Crippen LogP contribution in [0.25, 0.3) is 15.7 Å². The van der Waals surface area contributed by atoms with Crippen LogP contribution >= 0.6 is 22.9 Å². The van der Waals surface area contributed by atoms with Crippen LogP contribution in [-0.4, -0.2) is 5.71 Å². The van der Waals surface area contributed by atoms with Gasteiger partial charge in [-0.05, 0) is 47.9 Å². The third-order valence-corrected chi connectivity index (χ3v) is 6.85. The van der Waals surface area contributed by atoms with Crippen LogP contribution in [0, 0.1) is 0 Å². The van der Waals surface area contributed by atoms with Crippen molar-refractivity contribution in [2.75, 3.05) is 5.32 Å². The van der Waals surface area contributed by atoms with Gasteiger partial charge >= 0.3 is 0 Å². The number of halogens is 1. The second-order valence-electron chi connectivity index (χ2n) is 7.55. The molecule has 4 heteroatoms. The molecule has 1 aliphatic heterocycles. The van der Waals surface area contributed by atoms with E-state index in [0.29, 0.717) is 5.02 Å². The fourth-order valence-corrected chi connectivity index (χ4v) is 5.37. The number of nitrogens with zero attached hydrogens (tertiary/aromatic N) is 1. The molecule has 1 N–H and O–H groups in total. The van der Waals surface area contributed by atoms with E-state index < -0.39 is 0 Å². The second-order valence-corrected chi connectivity index (χ2v) is 9.04. The van der Waals surface area contributed by atoms with Crippen molar-refractivity contribution in [2.24, 2.45) is 4.99 Å². The molecular formula is C27H21ClN2S. The zero-order valence-corrected chi connectivity index (χ0v) is 18.7. The fraction of sp³-hybridized carbons (Fsp3) is 0.0741. The lowest BCUT2D eigenvalue weighted by atomic mass is 10.00. The Morgan fingerprint density at radius 1 is 1.06 bits per heavy atom. The maximum Gasteiger partial charge on any atom is 0.145 e. The monoisotopic (exact) mass is 440 g/mol. The van der Waals surface area contributed by atoms with Gasteiger partial charge in [0.15, 0.2) is 0 Å². The molecule has 2 nitrogen and oxygen atoms in total. The van der Waals surface area contributed by atoms with Gasteiger partial charge in [0, 0.05) is 20.7 Å². The summed E-state index contributed by atoms with van der Waals surface area (Å²) in [6, 6.07) is 25.0. The summed E-state index contributed by atoms with van der Waals surface area (Å²) in [6.07, 6.45) is 3.56. The molecule has 0 amide bonds. The van der Waals surface area contributed by atoms with E-state index in [1.165, 1.54) is 15.0 Å². The molecule has 3 aromatic carbocycles. The average Bonchev–Trinajstić information content (AvgIpc) is 3.17. The number of benzene rings is 3. The Balaban J connectivity index is 1.69. The number of rotatable bonds is 4. The van der Waals surface area contributed by atoms with E-state index in [0.717, 1.165) is 33.7 Å². The Morgan fingerprint density at radius 2 is 1.84 bits per heavy atom. The Morgan fingerprint density at radius 3 is 2.65 bits per heavy atom. The zero-order valence-electron chi connectivity index (χ0n) is 17.1. The van der Waals surface area contributed by atoms with Crippen LogP contribution in [0.1, 0.15) is 34.7 Å². The van der Waals surface area contributed by atoms with Gasteiger partial charge in [0.2, 0.25) is 0 Å². The Kier molecular flexibility index (Phi) is 5.23. The van der Waals surface area contributed by atoms with Gasteiger partial charge in [-0.1, -0.05) is 78.9 Å². The van der Waals surface area contributed by atoms with Gasteiger partial charge in [-0.2, -0.15) is 0 Å². The van der Waals surface area contributed by atoms with E-state index in [1.807, 2.05) is 24.3 Å². The molecule has 5 rings (SSSR count). The molecule has 1 aromatic heterocycles. The van der Waals surface area contributed by atoms with Gasteiger partial charge in [0.1, 0.15) is 6.17 Å². The Hall–Kier alpha value is -3.14. The number of anilines is 1. The number of fused-ring (bicyclic) bond motifs is 3. The molecule has 0 radical (unpaired) electrons. The van der Waals surface area contributed by atoms with E-state index in [2.05, 4.69) is 73.4 Å². The molecule has 1 aliphatic rings. The van der Waals surface area contributed by atoms with Gasteiger partial charge in [-0.15, -0.1) is 11.3 Å². The number of nitrogens with one attached hydrogen (secondary N) is 1. The normalized spacial score (nSPS) is 15.9. The minimum Gasteiger partial charge on any atom is -0.358 e. The average molecular weight is 441 g/mol. The summed E-state index contributed by atoms with van der Waals surface area (Å²) in [6.45, 7) is 5.87. The van der Waals surface area contributed by atoms with Crippen molar-refractivity contribution in [3.05, 3.63) is 118 Å². The van der Waals surface area contributed by atoms with E-state index in [1.54, 1.807) is 17.4 Å². The van der Waals surface area contributed by atoms with Gasteiger partial charge in [-0.3, -0.25) is 4.99 Å². The van der Waals surface area contributed by atoms with Crippen LogP contribution < -0.4 is 5.32 Å². The Bertz CT molecular complexity index is 1350. The first-order valence-corrected chi connectivity index (χ1v) is 11.4. The molecule has 1 atom stereocenters. The molecular weight excluding hydrogens is 420 g/mol.